The Hall–Kier alpha value is 0.230. The predicted octanol–water partition coefficient (Wildman–Crippen LogP) is 1.04. The summed E-state index contributed by atoms with van der Waals surface area (Å²) in [5, 5.41) is 0. The summed E-state index contributed by atoms with van der Waals surface area (Å²) in [6, 6.07) is 0. The van der Waals surface area contributed by atoms with Crippen LogP contribution in [-0.4, -0.2) is 56.5 Å². The molecule has 0 aromatic rings. The summed E-state index contributed by atoms with van der Waals surface area (Å²) in [5.74, 6) is 2.53. The van der Waals surface area contributed by atoms with Gasteiger partial charge in [-0.15, -0.1) is 0 Å². The van der Waals surface area contributed by atoms with Crippen molar-refractivity contribution in [3.8, 4) is 0 Å². The molecule has 3 nitrogen and oxygen atoms in total. The van der Waals surface area contributed by atoms with Crippen LogP contribution in [0.2, 0.25) is 0 Å². The van der Waals surface area contributed by atoms with Gasteiger partial charge in [0.15, 0.2) is 6.29 Å². The molecule has 0 aliphatic carbocycles. The molecule has 0 saturated carbocycles. The number of hydrogen-bond donors (Lipinski definition) is 0. The fourth-order valence-corrected chi connectivity index (χ4v) is 2.36. The van der Waals surface area contributed by atoms with E-state index in [1.807, 2.05) is 11.8 Å². The lowest BCUT2D eigenvalue weighted by molar-refractivity contribution is -0.115. The maximum absolute atomic E-state index is 5.17. The van der Waals surface area contributed by atoms with Crippen molar-refractivity contribution >= 4 is 11.8 Å². The molecule has 0 N–H and O–H groups in total. The Morgan fingerprint density at radius 1 is 1.23 bits per heavy atom. The van der Waals surface area contributed by atoms with Crippen molar-refractivity contribution in [1.82, 2.24) is 4.90 Å². The maximum atomic E-state index is 5.17. The maximum Gasteiger partial charge on any atom is 0.169 e. The number of methoxy groups -OCH3 is 2. The molecule has 0 radical (unpaired) electrons. The van der Waals surface area contributed by atoms with E-state index in [0.717, 1.165) is 13.1 Å². The molecule has 0 amide bonds. The van der Waals surface area contributed by atoms with Gasteiger partial charge < -0.3 is 9.47 Å². The van der Waals surface area contributed by atoms with E-state index >= 15 is 0 Å². The fourth-order valence-electron chi connectivity index (χ4n) is 1.44. The highest BCUT2D eigenvalue weighted by Crippen LogP contribution is 2.10. The molecule has 0 aromatic heterocycles. The van der Waals surface area contributed by atoms with Crippen LogP contribution in [0.1, 0.15) is 6.42 Å². The van der Waals surface area contributed by atoms with E-state index in [9.17, 15) is 0 Å². The topological polar surface area (TPSA) is 21.7 Å². The average Bonchev–Trinajstić information content (AvgIpc) is 2.42. The van der Waals surface area contributed by atoms with E-state index in [2.05, 4.69) is 4.90 Å². The summed E-state index contributed by atoms with van der Waals surface area (Å²) in [6.07, 6.45) is 1.22. The normalized spacial score (nSPS) is 20.5. The van der Waals surface area contributed by atoms with Crippen LogP contribution in [0.25, 0.3) is 0 Å². The van der Waals surface area contributed by atoms with Gasteiger partial charge in [-0.2, -0.15) is 11.8 Å². The molecular formula is C9H19NO2S. The highest BCUT2D eigenvalue weighted by atomic mass is 32.2. The number of rotatable bonds is 4. The Kier molecular flexibility index (Phi) is 5.78. The van der Waals surface area contributed by atoms with Gasteiger partial charge >= 0.3 is 0 Å². The van der Waals surface area contributed by atoms with Crippen LogP contribution < -0.4 is 0 Å². The second-order valence-electron chi connectivity index (χ2n) is 3.17. The van der Waals surface area contributed by atoms with Crippen molar-refractivity contribution in [2.45, 2.75) is 12.7 Å². The first-order valence-electron chi connectivity index (χ1n) is 4.72. The molecule has 1 rings (SSSR count). The van der Waals surface area contributed by atoms with Gasteiger partial charge in [0.2, 0.25) is 0 Å². The van der Waals surface area contributed by atoms with E-state index < -0.39 is 0 Å². The van der Waals surface area contributed by atoms with Gasteiger partial charge in [-0.1, -0.05) is 0 Å². The fraction of sp³-hybridized carbons (Fsp3) is 1.00. The summed E-state index contributed by atoms with van der Waals surface area (Å²) in [4.78, 5) is 2.41. The molecule has 0 spiro atoms. The average molecular weight is 205 g/mol. The molecule has 4 heteroatoms. The van der Waals surface area contributed by atoms with Gasteiger partial charge in [0.25, 0.3) is 0 Å². The molecule has 0 bridgehead atoms. The molecule has 78 valence electrons. The minimum atomic E-state index is -0.0666. The summed E-state index contributed by atoms with van der Waals surface area (Å²) in [6.45, 7) is 3.23. The lowest BCUT2D eigenvalue weighted by atomic mass is 10.4. The van der Waals surface area contributed by atoms with Crippen LogP contribution in [0, 0.1) is 0 Å². The van der Waals surface area contributed by atoms with Crippen LogP contribution in [0.3, 0.4) is 0 Å². The van der Waals surface area contributed by atoms with Gasteiger partial charge in [-0.05, 0) is 18.7 Å². The van der Waals surface area contributed by atoms with Crippen molar-refractivity contribution in [1.29, 1.82) is 0 Å². The zero-order chi connectivity index (χ0) is 9.52. The molecule has 1 aliphatic heterocycles. The van der Waals surface area contributed by atoms with Crippen LogP contribution in [-0.2, 0) is 9.47 Å². The summed E-state index contributed by atoms with van der Waals surface area (Å²) < 4.78 is 10.3. The molecule has 1 saturated heterocycles. The zero-order valence-corrected chi connectivity index (χ0v) is 9.31. The minimum absolute atomic E-state index is 0.0666. The summed E-state index contributed by atoms with van der Waals surface area (Å²) in [7, 11) is 3.39. The highest BCUT2D eigenvalue weighted by Gasteiger charge is 2.14. The summed E-state index contributed by atoms with van der Waals surface area (Å²) >= 11 is 2.04. The van der Waals surface area contributed by atoms with Crippen LogP contribution in [0.4, 0.5) is 0 Å². The minimum Gasteiger partial charge on any atom is -0.355 e. The van der Waals surface area contributed by atoms with Crippen molar-refractivity contribution < 1.29 is 9.47 Å². The second kappa shape index (κ2) is 6.65. The van der Waals surface area contributed by atoms with Crippen molar-refractivity contribution in [2.75, 3.05) is 45.4 Å². The molecule has 0 aromatic carbocycles. The number of thioether (sulfide) groups is 1. The van der Waals surface area contributed by atoms with Gasteiger partial charge in [0, 0.05) is 33.1 Å². The zero-order valence-electron chi connectivity index (χ0n) is 8.49. The van der Waals surface area contributed by atoms with E-state index in [1.54, 1.807) is 14.2 Å². The number of ether oxygens (including phenoxy) is 2. The van der Waals surface area contributed by atoms with Gasteiger partial charge in [-0.25, -0.2) is 0 Å². The van der Waals surface area contributed by atoms with Gasteiger partial charge in [0.1, 0.15) is 0 Å². The Balaban J connectivity index is 2.24. The first-order chi connectivity index (χ1) is 6.36. The van der Waals surface area contributed by atoms with Crippen molar-refractivity contribution in [2.24, 2.45) is 0 Å². The van der Waals surface area contributed by atoms with Crippen LogP contribution in [0.15, 0.2) is 0 Å². The first kappa shape index (κ1) is 11.3. The Morgan fingerprint density at radius 3 is 2.69 bits per heavy atom. The lowest BCUT2D eigenvalue weighted by Crippen LogP contribution is -2.35. The molecule has 0 unspecified atom stereocenters. The van der Waals surface area contributed by atoms with Crippen LogP contribution >= 0.6 is 11.8 Å². The first-order valence-corrected chi connectivity index (χ1v) is 5.88. The van der Waals surface area contributed by atoms with E-state index in [4.69, 9.17) is 9.47 Å². The Bertz CT molecular complexity index is 123. The number of hydrogen-bond acceptors (Lipinski definition) is 4. The Labute approximate surface area is 84.8 Å². The van der Waals surface area contributed by atoms with Gasteiger partial charge in [0.05, 0.1) is 0 Å². The lowest BCUT2D eigenvalue weighted by Gasteiger charge is -2.23. The predicted molar refractivity (Wildman–Crippen MR) is 56.2 cm³/mol. The second-order valence-corrected chi connectivity index (χ2v) is 4.39. The van der Waals surface area contributed by atoms with Crippen LogP contribution in [0.5, 0.6) is 0 Å². The van der Waals surface area contributed by atoms with E-state index in [1.165, 1.54) is 24.5 Å². The SMILES string of the molecule is COC(CN1CCCSCC1)OC. The highest BCUT2D eigenvalue weighted by molar-refractivity contribution is 7.99. The van der Waals surface area contributed by atoms with E-state index in [0.29, 0.717) is 0 Å². The molecular weight excluding hydrogens is 186 g/mol. The third-order valence-electron chi connectivity index (χ3n) is 2.25. The van der Waals surface area contributed by atoms with E-state index in [-0.39, 0.29) is 6.29 Å². The molecule has 13 heavy (non-hydrogen) atoms. The monoisotopic (exact) mass is 205 g/mol. The summed E-state index contributed by atoms with van der Waals surface area (Å²) in [5.41, 5.74) is 0. The number of nitrogens with zero attached hydrogens (tertiary/aromatic N) is 1. The molecule has 1 aliphatic rings. The third-order valence-corrected chi connectivity index (χ3v) is 3.30. The third kappa shape index (κ3) is 4.31. The van der Waals surface area contributed by atoms with Crippen molar-refractivity contribution in [3.63, 3.8) is 0 Å². The van der Waals surface area contributed by atoms with Gasteiger partial charge in [-0.3, -0.25) is 4.90 Å². The molecule has 1 fully saturated rings. The molecule has 1 heterocycles. The molecule has 0 atom stereocenters. The smallest absolute Gasteiger partial charge is 0.169 e. The standard InChI is InChI=1S/C9H19NO2S/c1-11-9(12-2)8-10-4-3-6-13-7-5-10/h9H,3-8H2,1-2H3. The largest absolute Gasteiger partial charge is 0.355 e. The quantitative estimate of drug-likeness (QED) is 0.639. The Morgan fingerprint density at radius 2 is 2.00 bits per heavy atom. The van der Waals surface area contributed by atoms with Crippen molar-refractivity contribution in [3.05, 3.63) is 0 Å².